The molecule has 0 saturated carbocycles. The molecule has 1 aromatic heterocycles. The van der Waals surface area contributed by atoms with Gasteiger partial charge in [0, 0.05) is 17.9 Å². The molecule has 0 fully saturated rings. The van der Waals surface area contributed by atoms with Gasteiger partial charge in [0.15, 0.2) is 17.7 Å². The first-order valence-corrected chi connectivity index (χ1v) is 8.55. The Hall–Kier alpha value is -2.18. The number of nitrogens with zero attached hydrogens (tertiary/aromatic N) is 1. The summed E-state index contributed by atoms with van der Waals surface area (Å²) in [6, 6.07) is 10.8. The van der Waals surface area contributed by atoms with Crippen LogP contribution < -0.4 is 14.2 Å². The summed E-state index contributed by atoms with van der Waals surface area (Å²) in [5.41, 5.74) is 1.02. The van der Waals surface area contributed by atoms with Crippen molar-refractivity contribution in [3.8, 4) is 11.5 Å². The van der Waals surface area contributed by atoms with Crippen molar-refractivity contribution in [2.24, 2.45) is 0 Å². The zero-order valence-electron chi connectivity index (χ0n) is 13.7. The van der Waals surface area contributed by atoms with Gasteiger partial charge in [-0.25, -0.2) is 0 Å². The van der Waals surface area contributed by atoms with E-state index in [0.29, 0.717) is 22.3 Å². The predicted molar refractivity (Wildman–Crippen MR) is 95.3 cm³/mol. The van der Waals surface area contributed by atoms with E-state index in [1.165, 1.54) is 18.0 Å². The Bertz CT molecular complexity index is 690. The van der Waals surface area contributed by atoms with E-state index in [1.54, 1.807) is 25.3 Å². The van der Waals surface area contributed by atoms with Crippen molar-refractivity contribution in [2.75, 3.05) is 19.5 Å². The van der Waals surface area contributed by atoms with E-state index in [4.69, 9.17) is 9.47 Å². The normalized spacial score (nSPS) is 12.3. The molecule has 0 aliphatic heterocycles. The molecule has 1 aromatic carbocycles. The second-order valence-electron chi connectivity index (χ2n) is 5.05. The van der Waals surface area contributed by atoms with Gasteiger partial charge in [0.2, 0.25) is 0 Å². The number of rotatable bonds is 8. The highest BCUT2D eigenvalue weighted by Gasteiger charge is 2.12. The summed E-state index contributed by atoms with van der Waals surface area (Å²) >= 11 is 1.29. The second-order valence-corrected chi connectivity index (χ2v) is 6.09. The fraction of sp³-hybridized carbons (Fsp3) is 0.278. The number of aliphatic hydroxyl groups excluding tert-OH is 1. The third-order valence-corrected chi connectivity index (χ3v) is 4.35. The fourth-order valence-corrected chi connectivity index (χ4v) is 2.86. The number of aromatic nitrogens is 1. The van der Waals surface area contributed by atoms with E-state index < -0.39 is 6.10 Å². The highest BCUT2D eigenvalue weighted by atomic mass is 32.2. The Morgan fingerprint density at radius 2 is 2.12 bits per heavy atom. The summed E-state index contributed by atoms with van der Waals surface area (Å²) in [6.45, 7) is 2.07. The van der Waals surface area contributed by atoms with Crippen LogP contribution in [0.15, 0.2) is 53.7 Å². The third-order valence-electron chi connectivity index (χ3n) is 3.19. The quantitative estimate of drug-likeness (QED) is 0.452. The molecule has 0 aliphatic carbocycles. The van der Waals surface area contributed by atoms with Crippen LogP contribution in [0.25, 0.3) is 6.08 Å². The lowest BCUT2D eigenvalue weighted by Gasteiger charge is -2.14. The lowest BCUT2D eigenvalue weighted by molar-refractivity contribution is -0.645. The molecule has 24 heavy (non-hydrogen) atoms. The molecular formula is C18H21NO4S. The topological polar surface area (TPSA) is 65.6 Å². The molecule has 6 heteroatoms. The maximum Gasteiger partial charge on any atom is 0.251 e. The Morgan fingerprint density at radius 3 is 2.83 bits per heavy atom. The van der Waals surface area contributed by atoms with Gasteiger partial charge in [-0.2, -0.15) is 4.73 Å². The average molecular weight is 347 g/mol. The van der Waals surface area contributed by atoms with Gasteiger partial charge in [0.25, 0.3) is 5.03 Å². The molecule has 1 N–H and O–H groups in total. The van der Waals surface area contributed by atoms with Crippen molar-refractivity contribution in [2.45, 2.75) is 18.1 Å². The monoisotopic (exact) mass is 347 g/mol. The van der Waals surface area contributed by atoms with Crippen LogP contribution in [0, 0.1) is 5.21 Å². The number of ether oxygens (including phenoxy) is 2. The lowest BCUT2D eigenvalue weighted by atomic mass is 10.2. The highest BCUT2D eigenvalue weighted by Crippen LogP contribution is 2.29. The van der Waals surface area contributed by atoms with E-state index in [2.05, 4.69) is 0 Å². The van der Waals surface area contributed by atoms with Gasteiger partial charge in [-0.05, 0) is 30.7 Å². The first-order chi connectivity index (χ1) is 11.6. The van der Waals surface area contributed by atoms with Gasteiger partial charge in [-0.1, -0.05) is 30.0 Å². The van der Waals surface area contributed by atoms with Gasteiger partial charge in [0.1, 0.15) is 6.61 Å². The van der Waals surface area contributed by atoms with Crippen LogP contribution in [0.3, 0.4) is 0 Å². The van der Waals surface area contributed by atoms with Crippen molar-refractivity contribution in [1.29, 1.82) is 0 Å². The smallest absolute Gasteiger partial charge is 0.251 e. The predicted octanol–water partition coefficient (Wildman–Crippen LogP) is 2.89. The molecule has 0 bridgehead atoms. The van der Waals surface area contributed by atoms with E-state index in [1.807, 2.05) is 37.3 Å². The van der Waals surface area contributed by atoms with Gasteiger partial charge < -0.3 is 19.8 Å². The minimum absolute atomic E-state index is 0.123. The van der Waals surface area contributed by atoms with Crippen molar-refractivity contribution in [3.05, 3.63) is 59.4 Å². The Kier molecular flexibility index (Phi) is 6.96. The molecule has 1 unspecified atom stereocenters. The Labute approximate surface area is 146 Å². The van der Waals surface area contributed by atoms with Gasteiger partial charge in [-0.15, -0.1) is 0 Å². The SMILES string of the molecule is C/C=C/c1ccc(OCC(O)CSc2cccc[n+]2[O-])c(OC)c1. The molecule has 5 nitrogen and oxygen atoms in total. The molecule has 0 spiro atoms. The van der Waals surface area contributed by atoms with Gasteiger partial charge in [0.05, 0.1) is 13.2 Å². The molecule has 128 valence electrons. The number of hydrogen-bond acceptors (Lipinski definition) is 5. The summed E-state index contributed by atoms with van der Waals surface area (Å²) in [6.07, 6.45) is 4.65. The average Bonchev–Trinajstić information content (AvgIpc) is 2.60. The van der Waals surface area contributed by atoms with Crippen LogP contribution in [0.1, 0.15) is 12.5 Å². The number of pyridine rings is 1. The lowest BCUT2D eigenvalue weighted by Crippen LogP contribution is -2.29. The number of thioether (sulfide) groups is 1. The molecule has 0 aliphatic rings. The molecule has 2 rings (SSSR count). The molecule has 0 saturated heterocycles. The van der Waals surface area contributed by atoms with Crippen LogP contribution >= 0.6 is 11.8 Å². The number of benzene rings is 1. The minimum Gasteiger partial charge on any atom is -0.618 e. The van der Waals surface area contributed by atoms with Gasteiger partial charge >= 0.3 is 0 Å². The summed E-state index contributed by atoms with van der Waals surface area (Å²) in [4.78, 5) is 0. The van der Waals surface area contributed by atoms with Crippen LogP contribution in [0.5, 0.6) is 11.5 Å². The molecule has 1 atom stereocenters. The van der Waals surface area contributed by atoms with Crippen LogP contribution in [-0.2, 0) is 0 Å². The van der Waals surface area contributed by atoms with Crippen LogP contribution in [-0.4, -0.2) is 30.7 Å². The third kappa shape index (κ3) is 5.18. The van der Waals surface area contributed by atoms with Crippen LogP contribution in [0.4, 0.5) is 0 Å². The second kappa shape index (κ2) is 9.20. The zero-order chi connectivity index (χ0) is 17.4. The standard InChI is InChI=1S/C18H21NO4S/c1-3-6-14-8-9-16(17(11-14)22-2)23-12-15(20)13-24-18-7-4-5-10-19(18)21/h3-11,15,20H,12-13H2,1-2H3/b6-3+. The summed E-state index contributed by atoms with van der Waals surface area (Å²) in [7, 11) is 1.58. The number of methoxy groups -OCH3 is 1. The molecule has 1 heterocycles. The number of aliphatic hydroxyl groups is 1. The summed E-state index contributed by atoms with van der Waals surface area (Å²) in [5.74, 6) is 1.56. The van der Waals surface area contributed by atoms with E-state index in [9.17, 15) is 10.3 Å². The summed E-state index contributed by atoms with van der Waals surface area (Å²) in [5, 5.41) is 22.1. The first-order valence-electron chi connectivity index (χ1n) is 7.56. The summed E-state index contributed by atoms with van der Waals surface area (Å²) < 4.78 is 11.7. The Morgan fingerprint density at radius 1 is 1.29 bits per heavy atom. The first kappa shape index (κ1) is 18.2. The van der Waals surface area contributed by atoms with Gasteiger partial charge in [-0.3, -0.25) is 0 Å². The largest absolute Gasteiger partial charge is 0.618 e. The maximum absolute atomic E-state index is 11.5. The van der Waals surface area contributed by atoms with E-state index in [0.717, 1.165) is 10.3 Å². The molecule has 0 radical (unpaired) electrons. The highest BCUT2D eigenvalue weighted by molar-refractivity contribution is 7.99. The molecule has 0 amide bonds. The Balaban J connectivity index is 1.89. The van der Waals surface area contributed by atoms with Crippen LogP contribution in [0.2, 0.25) is 0 Å². The minimum atomic E-state index is -0.699. The maximum atomic E-state index is 11.5. The zero-order valence-corrected chi connectivity index (χ0v) is 14.5. The van der Waals surface area contributed by atoms with Crippen molar-refractivity contribution < 1.29 is 19.3 Å². The molecule has 2 aromatic rings. The van der Waals surface area contributed by atoms with Crippen molar-refractivity contribution in [3.63, 3.8) is 0 Å². The number of allylic oxidation sites excluding steroid dienone is 1. The van der Waals surface area contributed by atoms with E-state index in [-0.39, 0.29) is 6.61 Å². The number of hydrogen-bond donors (Lipinski definition) is 1. The fourth-order valence-electron chi connectivity index (χ4n) is 2.04. The molecular weight excluding hydrogens is 326 g/mol. The van der Waals surface area contributed by atoms with Crippen molar-refractivity contribution >= 4 is 17.8 Å². The van der Waals surface area contributed by atoms with Crippen molar-refractivity contribution in [1.82, 2.24) is 0 Å². The van der Waals surface area contributed by atoms with E-state index >= 15 is 0 Å².